The Labute approximate surface area is 153 Å². The van der Waals surface area contributed by atoms with Crippen molar-refractivity contribution in [2.75, 3.05) is 0 Å². The minimum Gasteiger partial charge on any atom is -1.00 e. The first-order chi connectivity index (χ1) is 7.86. The van der Waals surface area contributed by atoms with Crippen molar-refractivity contribution >= 4 is 10.8 Å². The summed E-state index contributed by atoms with van der Waals surface area (Å²) in [4.78, 5) is 0. The van der Waals surface area contributed by atoms with Gasteiger partial charge in [-0.05, 0) is 0 Å². The van der Waals surface area contributed by atoms with Crippen LogP contribution in [-0.2, 0) is 26.2 Å². The first-order valence-electron chi connectivity index (χ1n) is 5.39. The maximum Gasteiger partial charge on any atom is 2.00 e. The molecule has 0 unspecified atom stereocenters. The van der Waals surface area contributed by atoms with E-state index >= 15 is 0 Å². The van der Waals surface area contributed by atoms with Crippen LogP contribution >= 0.6 is 0 Å². The van der Waals surface area contributed by atoms with Crippen molar-refractivity contribution < 1.29 is 51.0 Å². The molecule has 0 heterocycles. The molecule has 0 nitrogen and oxygen atoms in total. The molecular formula is C17H17Cl2Zr-3. The van der Waals surface area contributed by atoms with E-state index in [0.29, 0.717) is 0 Å². The minimum absolute atomic E-state index is 0. The number of hydrogen-bond acceptors (Lipinski definition) is 0. The molecule has 0 aliphatic rings. The maximum atomic E-state index is 2.89. The number of halogens is 2. The Bertz CT molecular complexity index is 487. The second-order valence-corrected chi connectivity index (χ2v) is 3.74. The van der Waals surface area contributed by atoms with Gasteiger partial charge >= 0.3 is 26.2 Å². The van der Waals surface area contributed by atoms with E-state index in [2.05, 4.69) is 49.4 Å². The Balaban J connectivity index is -0.000000260. The molecule has 106 valence electrons. The standard InChI is InChI=1S/C10H9.C6H5.CH3.2ClH.Zr/c1-8-6-9-4-2-3-5-10(9)7-8;1-2-4-6-5-3-1;;;;/h2-7H,1H3;1-5H;1H3;2*1H;/q3*-1;;;+2/p-2. The van der Waals surface area contributed by atoms with Crippen LogP contribution in [0.4, 0.5) is 0 Å². The quantitative estimate of drug-likeness (QED) is 0.429. The largest absolute Gasteiger partial charge is 2.00 e. The van der Waals surface area contributed by atoms with E-state index in [1.54, 1.807) is 0 Å². The Morgan fingerprint density at radius 1 is 0.900 bits per heavy atom. The van der Waals surface area contributed by atoms with E-state index in [9.17, 15) is 0 Å². The minimum atomic E-state index is 0. The average molecular weight is 383 g/mol. The van der Waals surface area contributed by atoms with Crippen molar-refractivity contribution in [2.24, 2.45) is 0 Å². The van der Waals surface area contributed by atoms with Crippen LogP contribution in [0.2, 0.25) is 0 Å². The number of fused-ring (bicyclic) bond motifs is 1. The summed E-state index contributed by atoms with van der Waals surface area (Å²) in [5, 5.41) is 2.69. The molecule has 0 bridgehead atoms. The zero-order chi connectivity index (χ0) is 11.2. The molecule has 0 aliphatic carbocycles. The summed E-state index contributed by atoms with van der Waals surface area (Å²) in [5.41, 5.74) is 1.35. The molecule has 3 aromatic carbocycles. The van der Waals surface area contributed by atoms with Crippen molar-refractivity contribution in [3.05, 3.63) is 85.8 Å². The molecule has 20 heavy (non-hydrogen) atoms. The molecule has 0 amide bonds. The Morgan fingerprint density at radius 3 is 1.95 bits per heavy atom. The van der Waals surface area contributed by atoms with Crippen LogP contribution in [0.25, 0.3) is 10.8 Å². The number of benzene rings is 2. The van der Waals surface area contributed by atoms with Gasteiger partial charge < -0.3 is 32.2 Å². The second-order valence-electron chi connectivity index (χ2n) is 3.74. The Hall–Kier alpha value is -0.487. The van der Waals surface area contributed by atoms with Gasteiger partial charge in [-0.1, -0.05) is 13.0 Å². The number of rotatable bonds is 0. The second kappa shape index (κ2) is 13.5. The average Bonchev–Trinajstić information content (AvgIpc) is 2.72. The van der Waals surface area contributed by atoms with Crippen molar-refractivity contribution in [2.45, 2.75) is 6.92 Å². The van der Waals surface area contributed by atoms with Gasteiger partial charge in [-0.15, -0.1) is 40.6 Å². The summed E-state index contributed by atoms with van der Waals surface area (Å²) in [5.74, 6) is 0. The van der Waals surface area contributed by atoms with Gasteiger partial charge in [0, 0.05) is 0 Å². The van der Waals surface area contributed by atoms with Gasteiger partial charge in [0.05, 0.1) is 0 Å². The smallest absolute Gasteiger partial charge is 1.00 e. The first-order valence-corrected chi connectivity index (χ1v) is 5.39. The van der Waals surface area contributed by atoms with Crippen LogP contribution in [0.3, 0.4) is 0 Å². The van der Waals surface area contributed by atoms with Gasteiger partial charge in [0.1, 0.15) is 0 Å². The van der Waals surface area contributed by atoms with Gasteiger partial charge in [0.2, 0.25) is 0 Å². The van der Waals surface area contributed by atoms with Gasteiger partial charge in [0.25, 0.3) is 0 Å². The Morgan fingerprint density at radius 2 is 1.50 bits per heavy atom. The third kappa shape index (κ3) is 7.95. The topological polar surface area (TPSA) is 0 Å². The van der Waals surface area contributed by atoms with Gasteiger partial charge in [-0.3, -0.25) is 0 Å². The molecule has 0 saturated heterocycles. The molecule has 0 radical (unpaired) electrons. The summed E-state index contributed by atoms with van der Waals surface area (Å²) in [7, 11) is 0. The summed E-state index contributed by atoms with van der Waals surface area (Å²) in [6.45, 7) is 2.12. The molecule has 0 fully saturated rings. The zero-order valence-electron chi connectivity index (χ0n) is 11.6. The fraction of sp³-hybridized carbons (Fsp3) is 0.0588. The molecular weight excluding hydrogens is 366 g/mol. The predicted molar refractivity (Wildman–Crippen MR) is 76.0 cm³/mol. The van der Waals surface area contributed by atoms with Crippen LogP contribution in [0.1, 0.15) is 5.56 Å². The van der Waals surface area contributed by atoms with Crippen LogP contribution in [0.5, 0.6) is 0 Å². The molecule has 3 heteroatoms. The summed E-state index contributed by atoms with van der Waals surface area (Å²) >= 11 is 0. The predicted octanol–water partition coefficient (Wildman–Crippen LogP) is -1.19. The molecule has 0 N–H and O–H groups in total. The van der Waals surface area contributed by atoms with Crippen LogP contribution in [0.15, 0.2) is 66.7 Å². The fourth-order valence-electron chi connectivity index (χ4n) is 1.65. The normalized spacial score (nSPS) is 7.65. The third-order valence-electron chi connectivity index (χ3n) is 2.37. The van der Waals surface area contributed by atoms with Crippen molar-refractivity contribution in [3.63, 3.8) is 0 Å². The van der Waals surface area contributed by atoms with E-state index in [0.717, 1.165) is 0 Å². The summed E-state index contributed by atoms with van der Waals surface area (Å²) in [6, 6.07) is 25.3. The molecule has 0 saturated carbocycles. The van der Waals surface area contributed by atoms with Crippen LogP contribution < -0.4 is 24.8 Å². The van der Waals surface area contributed by atoms with Crippen molar-refractivity contribution in [1.29, 1.82) is 0 Å². The van der Waals surface area contributed by atoms with E-state index in [1.807, 2.05) is 30.3 Å². The van der Waals surface area contributed by atoms with E-state index in [-0.39, 0.29) is 58.4 Å². The molecule has 3 rings (SSSR count). The Kier molecular flexibility index (Phi) is 16.5. The SMILES string of the molecule is Cc1cc2ccccc2[cH-]1.[CH3-].[Cl-].[Cl-].[Zr+2].[c-]1ccccc1. The van der Waals surface area contributed by atoms with Gasteiger partial charge in [-0.2, -0.15) is 42.5 Å². The monoisotopic (exact) mass is 381 g/mol. The fourth-order valence-corrected chi connectivity index (χ4v) is 1.65. The van der Waals surface area contributed by atoms with Crippen LogP contribution in [0, 0.1) is 20.4 Å². The van der Waals surface area contributed by atoms with E-state index in [4.69, 9.17) is 0 Å². The van der Waals surface area contributed by atoms with Crippen LogP contribution in [-0.4, -0.2) is 0 Å². The zero-order valence-corrected chi connectivity index (χ0v) is 15.6. The maximum absolute atomic E-state index is 2.89. The summed E-state index contributed by atoms with van der Waals surface area (Å²) < 4.78 is 0. The van der Waals surface area contributed by atoms with Crippen molar-refractivity contribution in [1.82, 2.24) is 0 Å². The molecule has 0 spiro atoms. The molecule has 0 atom stereocenters. The summed E-state index contributed by atoms with van der Waals surface area (Å²) in [6.07, 6.45) is 0. The first kappa shape index (κ1) is 24.5. The third-order valence-corrected chi connectivity index (χ3v) is 2.37. The molecule has 0 aromatic heterocycles. The number of hydrogen-bond donors (Lipinski definition) is 0. The number of aryl methyl sites for hydroxylation is 1. The molecule has 0 aliphatic heterocycles. The van der Waals surface area contributed by atoms with Gasteiger partial charge in [-0.25, -0.2) is 0 Å². The van der Waals surface area contributed by atoms with E-state index < -0.39 is 0 Å². The van der Waals surface area contributed by atoms with Crippen molar-refractivity contribution in [3.8, 4) is 0 Å². The van der Waals surface area contributed by atoms with E-state index in [1.165, 1.54) is 16.3 Å². The molecule has 3 aromatic rings. The van der Waals surface area contributed by atoms with Gasteiger partial charge in [0.15, 0.2) is 0 Å².